The number of carbonyl (C=O) groups is 3. The third kappa shape index (κ3) is 5.64. The molecule has 0 atom stereocenters. The van der Waals surface area contributed by atoms with E-state index in [4.69, 9.17) is 15.9 Å². The first-order valence-electron chi connectivity index (χ1n) is 10.0. The molecule has 9 heteroatoms. The van der Waals surface area contributed by atoms with Crippen LogP contribution in [-0.2, 0) is 16.0 Å². The summed E-state index contributed by atoms with van der Waals surface area (Å²) in [6.45, 7) is 1.66. The minimum Gasteiger partial charge on any atom is -0.493 e. The Hall–Kier alpha value is -3.52. The predicted octanol–water partition coefficient (Wildman–Crippen LogP) is 3.41. The summed E-state index contributed by atoms with van der Waals surface area (Å²) < 4.78 is 11.6. The van der Waals surface area contributed by atoms with Gasteiger partial charge in [-0.25, -0.2) is 9.69 Å². The van der Waals surface area contributed by atoms with Gasteiger partial charge in [-0.15, -0.1) is 6.42 Å². The third-order valence-corrected chi connectivity index (χ3v) is 5.60. The number of methoxy groups -OCH3 is 1. The van der Waals surface area contributed by atoms with Gasteiger partial charge in [0.2, 0.25) is 5.91 Å². The van der Waals surface area contributed by atoms with Crippen molar-refractivity contribution in [1.29, 1.82) is 0 Å². The van der Waals surface area contributed by atoms with Gasteiger partial charge in [-0.1, -0.05) is 31.0 Å². The molecule has 3 rings (SSSR count). The van der Waals surface area contributed by atoms with Crippen LogP contribution < -0.4 is 20.1 Å². The van der Waals surface area contributed by atoms with Gasteiger partial charge in [0.05, 0.1) is 10.7 Å². The average molecular weight is 559 g/mol. The number of nitrogens with zero attached hydrogens (tertiary/aromatic N) is 1. The maximum absolute atomic E-state index is 12.8. The highest BCUT2D eigenvalue weighted by Gasteiger charge is 2.35. The molecule has 0 unspecified atom stereocenters. The highest BCUT2D eigenvalue weighted by atomic mass is 127. The Bertz CT molecular complexity index is 1170. The van der Waals surface area contributed by atoms with Gasteiger partial charge in [-0.2, -0.15) is 0 Å². The van der Waals surface area contributed by atoms with Crippen LogP contribution in [-0.4, -0.2) is 43.0 Å². The number of amides is 4. The van der Waals surface area contributed by atoms with E-state index < -0.39 is 24.4 Å². The molecule has 1 heterocycles. The number of nitrogens with one attached hydrogen (secondary N) is 2. The quantitative estimate of drug-likeness (QED) is 0.224. The maximum atomic E-state index is 12.8. The van der Waals surface area contributed by atoms with Gasteiger partial charge in [-0.3, -0.25) is 9.59 Å². The minimum atomic E-state index is -0.666. The first kappa shape index (κ1) is 24.1. The Morgan fingerprint density at radius 2 is 2.06 bits per heavy atom. The topological polar surface area (TPSA) is 97.0 Å². The zero-order valence-corrected chi connectivity index (χ0v) is 20.3. The van der Waals surface area contributed by atoms with Crippen LogP contribution in [0.5, 0.6) is 11.5 Å². The number of hydrogen-bond donors (Lipinski definition) is 2. The SMILES string of the molecule is C#CCOc1c(I)cc(/C=C2/NC(=O)N(CC(=O)Nc3ccccc3CC)C2=O)cc1OC. The second-order valence-corrected chi connectivity index (χ2v) is 8.13. The summed E-state index contributed by atoms with van der Waals surface area (Å²) in [7, 11) is 1.49. The molecule has 0 aromatic heterocycles. The van der Waals surface area contributed by atoms with E-state index in [0.29, 0.717) is 22.7 Å². The number of para-hydroxylation sites is 1. The molecule has 0 spiro atoms. The van der Waals surface area contributed by atoms with Crippen LogP contribution >= 0.6 is 22.6 Å². The number of terminal acetylenes is 1. The van der Waals surface area contributed by atoms with Crippen LogP contribution in [0.2, 0.25) is 0 Å². The lowest BCUT2D eigenvalue weighted by Gasteiger charge is -2.14. The predicted molar refractivity (Wildman–Crippen MR) is 133 cm³/mol. The first-order chi connectivity index (χ1) is 15.9. The van der Waals surface area contributed by atoms with Crippen molar-refractivity contribution in [1.82, 2.24) is 10.2 Å². The number of urea groups is 1. The summed E-state index contributed by atoms with van der Waals surface area (Å²) in [6, 6.07) is 10.1. The van der Waals surface area contributed by atoms with Crippen molar-refractivity contribution in [3.05, 3.63) is 56.8 Å². The summed E-state index contributed by atoms with van der Waals surface area (Å²) in [4.78, 5) is 38.5. The van der Waals surface area contributed by atoms with Crippen LogP contribution in [0.15, 0.2) is 42.1 Å². The number of anilines is 1. The van der Waals surface area contributed by atoms with Gasteiger partial charge >= 0.3 is 6.03 Å². The smallest absolute Gasteiger partial charge is 0.329 e. The van der Waals surface area contributed by atoms with E-state index in [0.717, 1.165) is 20.5 Å². The summed E-state index contributed by atoms with van der Waals surface area (Å²) in [5, 5.41) is 5.28. The molecule has 1 aliphatic rings. The molecular weight excluding hydrogens is 537 g/mol. The normalized spacial score (nSPS) is 14.1. The maximum Gasteiger partial charge on any atom is 0.329 e. The summed E-state index contributed by atoms with van der Waals surface area (Å²) in [5.41, 5.74) is 2.27. The highest BCUT2D eigenvalue weighted by molar-refractivity contribution is 14.1. The number of benzene rings is 2. The summed E-state index contributed by atoms with van der Waals surface area (Å²) in [5.74, 6) is 2.26. The van der Waals surface area contributed by atoms with E-state index in [9.17, 15) is 14.4 Å². The second-order valence-electron chi connectivity index (χ2n) is 6.97. The van der Waals surface area contributed by atoms with Crippen molar-refractivity contribution in [3.63, 3.8) is 0 Å². The molecule has 2 aromatic carbocycles. The van der Waals surface area contributed by atoms with Crippen LogP contribution in [0, 0.1) is 15.9 Å². The monoisotopic (exact) mass is 559 g/mol. The fraction of sp³-hybridized carbons (Fsp3) is 0.208. The summed E-state index contributed by atoms with van der Waals surface area (Å²) >= 11 is 2.07. The molecule has 1 aliphatic heterocycles. The average Bonchev–Trinajstić information content (AvgIpc) is 3.05. The molecule has 1 fully saturated rings. The van der Waals surface area contributed by atoms with E-state index in [1.807, 2.05) is 25.1 Å². The molecule has 4 amide bonds. The van der Waals surface area contributed by atoms with E-state index in [1.165, 1.54) is 13.2 Å². The lowest BCUT2D eigenvalue weighted by atomic mass is 10.1. The number of hydrogen-bond acceptors (Lipinski definition) is 5. The van der Waals surface area contributed by atoms with E-state index >= 15 is 0 Å². The molecule has 2 N–H and O–H groups in total. The molecule has 0 aliphatic carbocycles. The number of imide groups is 1. The van der Waals surface area contributed by atoms with E-state index in [1.54, 1.807) is 18.2 Å². The molecule has 1 saturated heterocycles. The molecule has 8 nitrogen and oxygen atoms in total. The number of ether oxygens (including phenoxy) is 2. The standard InChI is InChI=1S/C24H22IN3O5/c1-4-10-33-22-17(25)11-15(13-20(22)32-3)12-19-23(30)28(24(31)27-19)14-21(29)26-18-9-7-6-8-16(18)5-2/h1,6-9,11-13H,5,10,14H2,2-3H3,(H,26,29)(H,27,31)/b19-12+. The van der Waals surface area contributed by atoms with Crippen LogP contribution in [0.4, 0.5) is 10.5 Å². The molecule has 170 valence electrons. The van der Waals surface area contributed by atoms with Gasteiger partial charge in [0, 0.05) is 5.69 Å². The third-order valence-electron chi connectivity index (χ3n) is 4.80. The Morgan fingerprint density at radius 1 is 1.30 bits per heavy atom. The van der Waals surface area contributed by atoms with Gasteiger partial charge < -0.3 is 20.1 Å². The number of carbonyl (C=O) groups excluding carboxylic acids is 3. The van der Waals surface area contributed by atoms with E-state index in [-0.39, 0.29) is 12.3 Å². The summed E-state index contributed by atoms with van der Waals surface area (Å²) in [6.07, 6.45) is 7.50. The minimum absolute atomic E-state index is 0.0527. The van der Waals surface area contributed by atoms with Crippen LogP contribution in [0.3, 0.4) is 0 Å². The molecule has 2 aromatic rings. The number of rotatable bonds is 8. The van der Waals surface area contributed by atoms with Gasteiger partial charge in [0.15, 0.2) is 11.5 Å². The van der Waals surface area contributed by atoms with Crippen LogP contribution in [0.1, 0.15) is 18.1 Å². The fourth-order valence-corrected chi connectivity index (χ4v) is 4.02. The van der Waals surface area contributed by atoms with Gasteiger partial charge in [0.1, 0.15) is 18.8 Å². The molecule has 0 bridgehead atoms. The van der Waals surface area contributed by atoms with Crippen molar-refractivity contribution in [2.24, 2.45) is 0 Å². The molecular formula is C24H22IN3O5. The van der Waals surface area contributed by atoms with Gasteiger partial charge in [0.25, 0.3) is 5.91 Å². The lowest BCUT2D eigenvalue weighted by Crippen LogP contribution is -2.38. The van der Waals surface area contributed by atoms with Gasteiger partial charge in [-0.05, 0) is 64.4 Å². The van der Waals surface area contributed by atoms with Crippen molar-refractivity contribution >= 4 is 52.2 Å². The van der Waals surface area contributed by atoms with Crippen LogP contribution in [0.25, 0.3) is 6.08 Å². The fourth-order valence-electron chi connectivity index (χ4n) is 3.24. The second kappa shape index (κ2) is 10.9. The van der Waals surface area contributed by atoms with Crippen molar-refractivity contribution in [3.8, 4) is 23.8 Å². The number of halogens is 1. The lowest BCUT2D eigenvalue weighted by molar-refractivity contribution is -0.127. The molecule has 33 heavy (non-hydrogen) atoms. The highest BCUT2D eigenvalue weighted by Crippen LogP contribution is 2.34. The molecule has 0 saturated carbocycles. The van der Waals surface area contributed by atoms with E-state index in [2.05, 4.69) is 39.1 Å². The molecule has 0 radical (unpaired) electrons. The van der Waals surface area contributed by atoms with Crippen molar-refractivity contribution < 1.29 is 23.9 Å². The first-order valence-corrected chi connectivity index (χ1v) is 11.1. The largest absolute Gasteiger partial charge is 0.493 e. The zero-order valence-electron chi connectivity index (χ0n) is 18.1. The Kier molecular flexibility index (Phi) is 7.95. The Morgan fingerprint density at radius 3 is 2.76 bits per heavy atom. The Labute approximate surface area is 205 Å². The van der Waals surface area contributed by atoms with Crippen molar-refractivity contribution in [2.45, 2.75) is 13.3 Å². The Balaban J connectivity index is 1.76. The zero-order chi connectivity index (χ0) is 24.0. The number of aryl methyl sites for hydroxylation is 1. The van der Waals surface area contributed by atoms with Crippen molar-refractivity contribution in [2.75, 3.05) is 25.6 Å².